The van der Waals surface area contributed by atoms with Gasteiger partial charge in [0.2, 0.25) is 5.95 Å². The Kier molecular flexibility index (Phi) is 5.10. The van der Waals surface area contributed by atoms with Crippen LogP contribution in [0.2, 0.25) is 0 Å². The number of H-pyrrole nitrogens is 1. The van der Waals surface area contributed by atoms with Gasteiger partial charge in [-0.15, -0.1) is 0 Å². The normalized spacial score (nSPS) is 18.2. The summed E-state index contributed by atoms with van der Waals surface area (Å²) < 4.78 is 57.7. The number of alkyl halides is 4. The number of rotatable bonds is 3. The number of nitrogens with two attached hydrogens (primary N) is 1. The minimum atomic E-state index is -4.77. The highest BCUT2D eigenvalue weighted by Gasteiger charge is 2.40. The molecule has 9 nitrogen and oxygen atoms in total. The minimum Gasteiger partial charge on any atom is -0.368 e. The van der Waals surface area contributed by atoms with Crippen LogP contribution in [0.15, 0.2) is 59.7 Å². The second-order valence-electron chi connectivity index (χ2n) is 8.65. The van der Waals surface area contributed by atoms with Gasteiger partial charge in [0, 0.05) is 6.42 Å². The van der Waals surface area contributed by atoms with Gasteiger partial charge in [0.05, 0.1) is 41.1 Å². The van der Waals surface area contributed by atoms with Crippen LogP contribution in [0.25, 0.3) is 27.8 Å². The van der Waals surface area contributed by atoms with Crippen molar-refractivity contribution >= 4 is 33.8 Å². The molecule has 4 heterocycles. The standard InChI is InChI=1S/C24H18F4N8O/c25-12-9-16(35(10-12)21-18-19(31-11-30-18)33-23(29)34-21)20-32-15-8-4-7-14(24(26,27)28)17(15)22(37)36(20)13-5-2-1-3-6-13/h1-8,11-12,16H,9-10H2,(H3,29,30,31,33,34)/t12-,16-/m0/s1. The first-order valence-corrected chi connectivity index (χ1v) is 11.3. The molecule has 1 saturated heterocycles. The molecule has 0 amide bonds. The van der Waals surface area contributed by atoms with Gasteiger partial charge in [-0.25, -0.2) is 14.4 Å². The average molecular weight is 510 g/mol. The van der Waals surface area contributed by atoms with E-state index in [-0.39, 0.29) is 41.7 Å². The molecule has 37 heavy (non-hydrogen) atoms. The Hall–Kier alpha value is -4.55. The lowest BCUT2D eigenvalue weighted by Gasteiger charge is -2.27. The highest BCUT2D eigenvalue weighted by molar-refractivity contribution is 5.85. The summed E-state index contributed by atoms with van der Waals surface area (Å²) in [5.74, 6) is 0.244. The lowest BCUT2D eigenvalue weighted by molar-refractivity contribution is -0.136. The van der Waals surface area contributed by atoms with E-state index in [0.717, 1.165) is 10.6 Å². The van der Waals surface area contributed by atoms with E-state index < -0.39 is 34.9 Å². The Balaban J connectivity index is 1.65. The first-order chi connectivity index (χ1) is 17.7. The van der Waals surface area contributed by atoms with E-state index in [4.69, 9.17) is 5.73 Å². The Morgan fingerprint density at radius 3 is 2.57 bits per heavy atom. The van der Waals surface area contributed by atoms with E-state index in [9.17, 15) is 22.4 Å². The highest BCUT2D eigenvalue weighted by atomic mass is 19.4. The summed E-state index contributed by atoms with van der Waals surface area (Å²) in [7, 11) is 0. The minimum absolute atomic E-state index is 0.0769. The largest absolute Gasteiger partial charge is 0.417 e. The smallest absolute Gasteiger partial charge is 0.368 e. The first-order valence-electron chi connectivity index (χ1n) is 11.3. The lowest BCUT2D eigenvalue weighted by atomic mass is 10.1. The molecule has 1 fully saturated rings. The summed E-state index contributed by atoms with van der Waals surface area (Å²) in [5, 5.41) is -0.564. The van der Waals surface area contributed by atoms with Crippen molar-refractivity contribution in [1.82, 2.24) is 29.5 Å². The van der Waals surface area contributed by atoms with Gasteiger partial charge in [-0.05, 0) is 24.3 Å². The first kappa shape index (κ1) is 22.9. The van der Waals surface area contributed by atoms with Crippen molar-refractivity contribution in [2.75, 3.05) is 17.2 Å². The Morgan fingerprint density at radius 1 is 1.03 bits per heavy atom. The number of nitrogens with one attached hydrogen (secondary N) is 1. The summed E-state index contributed by atoms with van der Waals surface area (Å²) in [5.41, 5.74) is 4.71. The zero-order valence-corrected chi connectivity index (χ0v) is 18.9. The maximum Gasteiger partial charge on any atom is 0.417 e. The van der Waals surface area contributed by atoms with Crippen molar-refractivity contribution in [3.05, 3.63) is 76.6 Å². The van der Waals surface area contributed by atoms with E-state index in [2.05, 4.69) is 24.9 Å². The van der Waals surface area contributed by atoms with Gasteiger partial charge in [0.25, 0.3) is 5.56 Å². The number of nitrogen functional groups attached to an aromatic ring is 1. The molecule has 6 rings (SSSR count). The number of anilines is 2. The van der Waals surface area contributed by atoms with E-state index in [0.29, 0.717) is 11.2 Å². The number of imidazole rings is 1. The number of fused-ring (bicyclic) bond motifs is 2. The van der Waals surface area contributed by atoms with Crippen LogP contribution in [0.1, 0.15) is 23.9 Å². The SMILES string of the molecule is Nc1nc(N2C[C@@H](F)C[C@H]2c2nc3cccc(C(F)(F)F)c3c(=O)n2-c2ccccc2)c2[nH]cnc2n1. The molecule has 0 aliphatic carbocycles. The van der Waals surface area contributed by atoms with Crippen LogP contribution in [0.5, 0.6) is 0 Å². The highest BCUT2D eigenvalue weighted by Crippen LogP contribution is 2.40. The number of aromatic amines is 1. The number of hydrogen-bond donors (Lipinski definition) is 2. The maximum atomic E-state index is 15.0. The number of halogens is 4. The fourth-order valence-corrected chi connectivity index (χ4v) is 4.84. The Morgan fingerprint density at radius 2 is 1.81 bits per heavy atom. The molecule has 0 radical (unpaired) electrons. The molecule has 188 valence electrons. The van der Waals surface area contributed by atoms with E-state index >= 15 is 0 Å². The monoisotopic (exact) mass is 510 g/mol. The molecule has 0 spiro atoms. The van der Waals surface area contributed by atoms with Gasteiger partial charge in [0.1, 0.15) is 17.5 Å². The second-order valence-corrected chi connectivity index (χ2v) is 8.65. The van der Waals surface area contributed by atoms with Gasteiger partial charge in [-0.3, -0.25) is 9.36 Å². The summed E-state index contributed by atoms with van der Waals surface area (Å²) in [6.45, 7) is -0.111. The van der Waals surface area contributed by atoms with Gasteiger partial charge in [0.15, 0.2) is 11.5 Å². The molecular weight excluding hydrogens is 492 g/mol. The second kappa shape index (κ2) is 8.25. The van der Waals surface area contributed by atoms with Crippen molar-refractivity contribution in [3.8, 4) is 5.69 Å². The molecule has 5 aromatic rings. The number of benzene rings is 2. The van der Waals surface area contributed by atoms with E-state index in [1.807, 2.05) is 0 Å². The summed E-state index contributed by atoms with van der Waals surface area (Å²) >= 11 is 0. The van der Waals surface area contributed by atoms with Crippen LogP contribution in [0, 0.1) is 0 Å². The quantitative estimate of drug-likeness (QED) is 0.353. The topological polar surface area (TPSA) is 119 Å². The predicted molar refractivity (Wildman–Crippen MR) is 128 cm³/mol. The molecule has 0 bridgehead atoms. The van der Waals surface area contributed by atoms with Gasteiger partial charge in [-0.2, -0.15) is 23.1 Å². The molecule has 3 aromatic heterocycles. The van der Waals surface area contributed by atoms with Crippen LogP contribution in [0.3, 0.4) is 0 Å². The fraction of sp³-hybridized carbons (Fsp3) is 0.208. The summed E-state index contributed by atoms with van der Waals surface area (Å²) in [6, 6.07) is 10.7. The van der Waals surface area contributed by atoms with Gasteiger partial charge >= 0.3 is 6.18 Å². The molecule has 2 aromatic carbocycles. The van der Waals surface area contributed by atoms with Crippen LogP contribution < -0.4 is 16.2 Å². The molecule has 13 heteroatoms. The predicted octanol–water partition coefficient (Wildman–Crippen LogP) is 3.94. The molecule has 1 aliphatic rings. The lowest BCUT2D eigenvalue weighted by Crippen LogP contribution is -2.33. The van der Waals surface area contributed by atoms with Gasteiger partial charge in [-0.1, -0.05) is 24.3 Å². The van der Waals surface area contributed by atoms with Crippen LogP contribution >= 0.6 is 0 Å². The third kappa shape index (κ3) is 3.74. The zero-order chi connectivity index (χ0) is 25.9. The maximum absolute atomic E-state index is 15.0. The van der Waals surface area contributed by atoms with Crippen molar-refractivity contribution < 1.29 is 17.6 Å². The van der Waals surface area contributed by atoms with Crippen LogP contribution in [-0.4, -0.2) is 42.2 Å². The van der Waals surface area contributed by atoms with E-state index in [1.54, 1.807) is 35.2 Å². The molecule has 3 N–H and O–H groups in total. The Labute approximate surface area is 205 Å². The zero-order valence-electron chi connectivity index (χ0n) is 18.9. The third-order valence-corrected chi connectivity index (χ3v) is 6.35. The molecule has 0 saturated carbocycles. The number of aromatic nitrogens is 6. The number of nitrogens with zero attached hydrogens (tertiary/aromatic N) is 6. The van der Waals surface area contributed by atoms with Crippen molar-refractivity contribution in [1.29, 1.82) is 0 Å². The van der Waals surface area contributed by atoms with E-state index in [1.165, 1.54) is 18.5 Å². The van der Waals surface area contributed by atoms with Crippen molar-refractivity contribution in [2.45, 2.75) is 24.8 Å². The molecule has 2 atom stereocenters. The molecule has 1 aliphatic heterocycles. The summed E-state index contributed by atoms with van der Waals surface area (Å²) in [6.07, 6.45) is -4.79. The van der Waals surface area contributed by atoms with Crippen molar-refractivity contribution in [2.24, 2.45) is 0 Å². The summed E-state index contributed by atoms with van der Waals surface area (Å²) in [4.78, 5) is 35.3. The number of para-hydroxylation sites is 1. The molecule has 0 unspecified atom stereocenters. The number of hydrogen-bond acceptors (Lipinski definition) is 7. The van der Waals surface area contributed by atoms with Crippen molar-refractivity contribution in [3.63, 3.8) is 0 Å². The molecular formula is C24H18F4N8O. The fourth-order valence-electron chi connectivity index (χ4n) is 4.84. The Bertz CT molecular complexity index is 1700. The van der Waals surface area contributed by atoms with Crippen LogP contribution in [0.4, 0.5) is 29.3 Å². The third-order valence-electron chi connectivity index (χ3n) is 6.35. The van der Waals surface area contributed by atoms with Crippen LogP contribution in [-0.2, 0) is 6.18 Å². The average Bonchev–Trinajstić information content (AvgIpc) is 3.49. The van der Waals surface area contributed by atoms with Gasteiger partial charge < -0.3 is 15.6 Å².